The molecule has 0 radical (unpaired) electrons. The Kier molecular flexibility index (Phi) is 7.47. The van der Waals surface area contributed by atoms with Gasteiger partial charge >= 0.3 is 0 Å². The lowest BCUT2D eigenvalue weighted by atomic mass is 10.1. The van der Waals surface area contributed by atoms with E-state index in [1.165, 1.54) is 11.4 Å². The molecule has 1 fully saturated rings. The van der Waals surface area contributed by atoms with Gasteiger partial charge in [0.25, 0.3) is 10.0 Å². The smallest absolute Gasteiger partial charge is 0.264 e. The van der Waals surface area contributed by atoms with E-state index in [2.05, 4.69) is 10.2 Å². The van der Waals surface area contributed by atoms with Crippen LogP contribution >= 0.6 is 0 Å². The van der Waals surface area contributed by atoms with Crippen LogP contribution in [0, 0.1) is 6.92 Å². The molecule has 2 aromatic carbocycles. The Balaban J connectivity index is 1.53. The Morgan fingerprint density at radius 3 is 2.33 bits per heavy atom. The van der Waals surface area contributed by atoms with Crippen molar-refractivity contribution in [2.24, 2.45) is 0 Å². The molecule has 0 unspecified atom stereocenters. The van der Waals surface area contributed by atoms with Crippen LogP contribution in [0.25, 0.3) is 0 Å². The Labute approximate surface area is 178 Å². The van der Waals surface area contributed by atoms with Gasteiger partial charge in [-0.25, -0.2) is 8.42 Å². The molecular formula is C22H29N3O4S. The molecule has 0 aliphatic carbocycles. The van der Waals surface area contributed by atoms with E-state index in [0.717, 1.165) is 44.0 Å². The van der Waals surface area contributed by atoms with Gasteiger partial charge in [-0.2, -0.15) is 0 Å². The summed E-state index contributed by atoms with van der Waals surface area (Å²) < 4.78 is 32.2. The van der Waals surface area contributed by atoms with Crippen LogP contribution in [0.5, 0.6) is 0 Å². The van der Waals surface area contributed by atoms with Crippen molar-refractivity contribution in [2.75, 3.05) is 50.7 Å². The van der Waals surface area contributed by atoms with Crippen molar-refractivity contribution in [1.82, 2.24) is 10.2 Å². The molecular weight excluding hydrogens is 402 g/mol. The van der Waals surface area contributed by atoms with Gasteiger partial charge in [-0.15, -0.1) is 0 Å². The first-order chi connectivity index (χ1) is 14.4. The largest absolute Gasteiger partial charge is 0.379 e. The molecule has 1 saturated heterocycles. The average Bonchev–Trinajstić information content (AvgIpc) is 2.75. The van der Waals surface area contributed by atoms with Gasteiger partial charge in [0.2, 0.25) is 5.91 Å². The summed E-state index contributed by atoms with van der Waals surface area (Å²) in [6.45, 7) is 6.62. The van der Waals surface area contributed by atoms with Crippen LogP contribution in [0.4, 0.5) is 5.69 Å². The minimum atomic E-state index is -3.63. The van der Waals surface area contributed by atoms with E-state index in [1.807, 2.05) is 6.92 Å². The zero-order chi connectivity index (χ0) is 21.6. The summed E-state index contributed by atoms with van der Waals surface area (Å²) in [4.78, 5) is 14.7. The van der Waals surface area contributed by atoms with E-state index >= 15 is 0 Å². The number of hydrogen-bond donors (Lipinski definition) is 1. The highest BCUT2D eigenvalue weighted by Gasteiger charge is 2.21. The van der Waals surface area contributed by atoms with E-state index in [0.29, 0.717) is 12.2 Å². The molecule has 0 bridgehead atoms. The van der Waals surface area contributed by atoms with Gasteiger partial charge in [-0.1, -0.05) is 29.8 Å². The zero-order valence-corrected chi connectivity index (χ0v) is 18.3. The third-order valence-corrected chi connectivity index (χ3v) is 7.00. The Hall–Kier alpha value is -2.42. The summed E-state index contributed by atoms with van der Waals surface area (Å²) >= 11 is 0. The van der Waals surface area contributed by atoms with E-state index in [9.17, 15) is 13.2 Å². The van der Waals surface area contributed by atoms with Crippen molar-refractivity contribution < 1.29 is 17.9 Å². The summed E-state index contributed by atoms with van der Waals surface area (Å²) in [7, 11) is -2.10. The lowest BCUT2D eigenvalue weighted by Gasteiger charge is -2.26. The molecule has 1 N–H and O–H groups in total. The number of benzene rings is 2. The summed E-state index contributed by atoms with van der Waals surface area (Å²) in [5.74, 6) is -0.0448. The van der Waals surface area contributed by atoms with Gasteiger partial charge in [0.05, 0.1) is 30.2 Å². The Morgan fingerprint density at radius 2 is 1.70 bits per heavy atom. The average molecular weight is 432 g/mol. The summed E-state index contributed by atoms with van der Waals surface area (Å²) in [5.41, 5.74) is 2.39. The SMILES string of the molecule is Cc1ccc(S(=O)(=O)N(C)c2ccc(CC(=O)NCCN3CCOCC3)cc2)cc1. The number of rotatable bonds is 8. The maximum Gasteiger partial charge on any atom is 0.264 e. The van der Waals surface area contributed by atoms with Crippen molar-refractivity contribution in [1.29, 1.82) is 0 Å². The first-order valence-electron chi connectivity index (χ1n) is 10.1. The number of morpholine rings is 1. The highest BCUT2D eigenvalue weighted by atomic mass is 32.2. The molecule has 1 amide bonds. The highest BCUT2D eigenvalue weighted by Crippen LogP contribution is 2.22. The quantitative estimate of drug-likeness (QED) is 0.690. The number of carbonyl (C=O) groups is 1. The van der Waals surface area contributed by atoms with Crippen LogP contribution in [0.3, 0.4) is 0 Å². The normalized spacial score (nSPS) is 15.0. The Bertz CT molecular complexity index is 937. The molecule has 0 spiro atoms. The number of nitrogens with one attached hydrogen (secondary N) is 1. The molecule has 1 aliphatic heterocycles. The molecule has 2 aromatic rings. The fourth-order valence-electron chi connectivity index (χ4n) is 3.26. The van der Waals surface area contributed by atoms with E-state index in [4.69, 9.17) is 4.74 Å². The third-order valence-electron chi connectivity index (χ3n) is 5.20. The second kappa shape index (κ2) is 10.1. The fraction of sp³-hybridized carbons (Fsp3) is 0.409. The Morgan fingerprint density at radius 1 is 1.07 bits per heavy atom. The predicted molar refractivity (Wildman–Crippen MR) is 117 cm³/mol. The van der Waals surface area contributed by atoms with E-state index < -0.39 is 10.0 Å². The number of amides is 1. The monoisotopic (exact) mass is 431 g/mol. The van der Waals surface area contributed by atoms with Crippen molar-refractivity contribution in [3.8, 4) is 0 Å². The van der Waals surface area contributed by atoms with Gasteiger partial charge in [-0.3, -0.25) is 14.0 Å². The standard InChI is InChI=1S/C22H29N3O4S/c1-18-3-9-21(10-4-18)30(27,28)24(2)20-7-5-19(6-8-20)17-22(26)23-11-12-25-13-15-29-16-14-25/h3-10H,11-17H2,1-2H3,(H,23,26). The first kappa shape index (κ1) is 22.3. The number of aryl methyl sites for hydroxylation is 1. The number of carbonyl (C=O) groups excluding carboxylic acids is 1. The molecule has 8 heteroatoms. The van der Waals surface area contributed by atoms with Gasteiger partial charge in [0, 0.05) is 33.2 Å². The number of hydrogen-bond acceptors (Lipinski definition) is 5. The van der Waals surface area contributed by atoms with Crippen molar-refractivity contribution in [3.05, 3.63) is 59.7 Å². The van der Waals surface area contributed by atoms with Gasteiger partial charge < -0.3 is 10.1 Å². The maximum absolute atomic E-state index is 12.8. The second-order valence-electron chi connectivity index (χ2n) is 7.43. The zero-order valence-electron chi connectivity index (χ0n) is 17.5. The van der Waals surface area contributed by atoms with Crippen LogP contribution in [-0.4, -0.2) is 65.7 Å². The van der Waals surface area contributed by atoms with Crippen molar-refractivity contribution in [2.45, 2.75) is 18.2 Å². The minimum absolute atomic E-state index is 0.0448. The molecule has 0 saturated carbocycles. The molecule has 7 nitrogen and oxygen atoms in total. The molecule has 0 aromatic heterocycles. The molecule has 3 rings (SSSR count). The van der Waals surface area contributed by atoms with Crippen molar-refractivity contribution in [3.63, 3.8) is 0 Å². The number of sulfonamides is 1. The minimum Gasteiger partial charge on any atom is -0.379 e. The van der Waals surface area contributed by atoms with Crippen LogP contribution in [0.15, 0.2) is 53.4 Å². The molecule has 1 aliphatic rings. The molecule has 162 valence electrons. The van der Waals surface area contributed by atoms with Crippen LogP contribution in [0.1, 0.15) is 11.1 Å². The molecule has 30 heavy (non-hydrogen) atoms. The predicted octanol–water partition coefficient (Wildman–Crippen LogP) is 1.81. The van der Waals surface area contributed by atoms with Gasteiger partial charge in [-0.05, 0) is 36.8 Å². The van der Waals surface area contributed by atoms with Crippen LogP contribution in [0.2, 0.25) is 0 Å². The fourth-order valence-corrected chi connectivity index (χ4v) is 4.45. The van der Waals surface area contributed by atoms with Crippen LogP contribution < -0.4 is 9.62 Å². The topological polar surface area (TPSA) is 79.0 Å². The lowest BCUT2D eigenvalue weighted by molar-refractivity contribution is -0.120. The van der Waals surface area contributed by atoms with Crippen molar-refractivity contribution >= 4 is 21.6 Å². The van der Waals surface area contributed by atoms with Gasteiger partial charge in [0.15, 0.2) is 0 Å². The van der Waals surface area contributed by atoms with Gasteiger partial charge in [0.1, 0.15) is 0 Å². The van der Waals surface area contributed by atoms with E-state index in [1.54, 1.807) is 48.5 Å². The highest BCUT2D eigenvalue weighted by molar-refractivity contribution is 7.92. The number of anilines is 1. The maximum atomic E-state index is 12.8. The number of nitrogens with zero attached hydrogens (tertiary/aromatic N) is 2. The number of ether oxygens (including phenoxy) is 1. The first-order valence-corrected chi connectivity index (χ1v) is 11.5. The summed E-state index contributed by atoms with van der Waals surface area (Å²) in [6.07, 6.45) is 0.262. The second-order valence-corrected chi connectivity index (χ2v) is 9.40. The third kappa shape index (κ3) is 5.81. The summed E-state index contributed by atoms with van der Waals surface area (Å²) in [5, 5.41) is 2.94. The van der Waals surface area contributed by atoms with Crippen LogP contribution in [-0.2, 0) is 26.0 Å². The lowest BCUT2D eigenvalue weighted by Crippen LogP contribution is -2.41. The summed E-state index contributed by atoms with van der Waals surface area (Å²) in [6, 6.07) is 13.8. The molecule has 0 atom stereocenters. The molecule has 1 heterocycles. The van der Waals surface area contributed by atoms with E-state index in [-0.39, 0.29) is 17.2 Å².